The van der Waals surface area contributed by atoms with Crippen LogP contribution < -0.4 is 5.32 Å². The number of nitrogens with zero attached hydrogens (tertiary/aromatic N) is 2. The molecule has 4 heteroatoms. The number of halogens is 1. The highest BCUT2D eigenvalue weighted by Crippen LogP contribution is 2.24. The van der Waals surface area contributed by atoms with Gasteiger partial charge in [0.1, 0.15) is 0 Å². The van der Waals surface area contributed by atoms with Crippen LogP contribution in [0.25, 0.3) is 5.69 Å². The van der Waals surface area contributed by atoms with Crippen molar-refractivity contribution in [1.29, 1.82) is 0 Å². The Morgan fingerprint density at radius 1 is 1.25 bits per heavy atom. The van der Waals surface area contributed by atoms with Crippen molar-refractivity contribution in [2.75, 3.05) is 5.32 Å². The van der Waals surface area contributed by atoms with Crippen LogP contribution in [-0.2, 0) is 0 Å². The van der Waals surface area contributed by atoms with Gasteiger partial charge in [-0.05, 0) is 38.0 Å². The van der Waals surface area contributed by atoms with Crippen LogP contribution in [-0.4, -0.2) is 15.6 Å². The van der Waals surface area contributed by atoms with Gasteiger partial charge in [0.05, 0.1) is 5.69 Å². The first-order chi connectivity index (χ1) is 9.72. The molecule has 1 aliphatic carbocycles. The molecular weight excluding hydrogens is 270 g/mol. The van der Waals surface area contributed by atoms with Gasteiger partial charge < -0.3 is 5.32 Å². The number of benzene rings is 1. The molecule has 3 rings (SSSR count). The summed E-state index contributed by atoms with van der Waals surface area (Å²) in [5, 5.41) is 4.34. The lowest BCUT2D eigenvalue weighted by Gasteiger charge is -2.23. The molecule has 20 heavy (non-hydrogen) atoms. The molecule has 0 bridgehead atoms. The van der Waals surface area contributed by atoms with Gasteiger partial charge in [-0.15, -0.1) is 0 Å². The zero-order chi connectivity index (χ0) is 13.9. The van der Waals surface area contributed by atoms with Gasteiger partial charge in [-0.25, -0.2) is 4.98 Å². The highest BCUT2D eigenvalue weighted by molar-refractivity contribution is 6.30. The van der Waals surface area contributed by atoms with Crippen LogP contribution in [0.2, 0.25) is 5.02 Å². The number of hydrogen-bond acceptors (Lipinski definition) is 2. The standard InChI is InChI=1S/C16H20ClN3/c1-12-11-20(15-9-5-6-13(17)10-15)16(18-12)19-14-7-3-2-4-8-14/h5-6,9-11,14H,2-4,7-8H2,1H3,(H,18,19). The molecule has 1 N–H and O–H groups in total. The second-order valence-corrected chi connectivity index (χ2v) is 5.97. The summed E-state index contributed by atoms with van der Waals surface area (Å²) in [5.74, 6) is 0.927. The quantitative estimate of drug-likeness (QED) is 0.896. The van der Waals surface area contributed by atoms with E-state index in [4.69, 9.17) is 11.6 Å². The zero-order valence-corrected chi connectivity index (χ0v) is 12.5. The smallest absolute Gasteiger partial charge is 0.207 e. The minimum Gasteiger partial charge on any atom is -0.353 e. The first-order valence-electron chi connectivity index (χ1n) is 7.31. The summed E-state index contributed by atoms with van der Waals surface area (Å²) in [6.45, 7) is 2.02. The van der Waals surface area contributed by atoms with E-state index in [2.05, 4.69) is 27.1 Å². The van der Waals surface area contributed by atoms with Gasteiger partial charge in [0, 0.05) is 22.9 Å². The van der Waals surface area contributed by atoms with Gasteiger partial charge in [-0.1, -0.05) is 36.9 Å². The maximum absolute atomic E-state index is 6.09. The first kappa shape index (κ1) is 13.5. The molecule has 3 nitrogen and oxygen atoms in total. The zero-order valence-electron chi connectivity index (χ0n) is 11.8. The fraction of sp³-hybridized carbons (Fsp3) is 0.438. The average molecular weight is 290 g/mol. The van der Waals surface area contributed by atoms with Gasteiger partial charge in [-0.3, -0.25) is 4.57 Å². The van der Waals surface area contributed by atoms with Crippen molar-refractivity contribution in [2.24, 2.45) is 0 Å². The van der Waals surface area contributed by atoms with E-state index in [0.717, 1.165) is 22.4 Å². The summed E-state index contributed by atoms with van der Waals surface area (Å²) in [7, 11) is 0. The van der Waals surface area contributed by atoms with Crippen molar-refractivity contribution >= 4 is 17.5 Å². The molecule has 1 aromatic heterocycles. The Balaban J connectivity index is 1.87. The minimum atomic E-state index is 0.545. The third kappa shape index (κ3) is 2.98. The molecule has 2 aromatic rings. The molecule has 0 atom stereocenters. The fourth-order valence-electron chi connectivity index (χ4n) is 2.85. The molecule has 0 radical (unpaired) electrons. The lowest BCUT2D eigenvalue weighted by atomic mass is 9.96. The number of aryl methyl sites for hydroxylation is 1. The predicted molar refractivity (Wildman–Crippen MR) is 83.8 cm³/mol. The van der Waals surface area contributed by atoms with Gasteiger partial charge in [0.2, 0.25) is 5.95 Å². The van der Waals surface area contributed by atoms with E-state index in [0.29, 0.717) is 6.04 Å². The predicted octanol–water partition coefficient (Wildman–Crippen LogP) is 4.58. The Kier molecular flexibility index (Phi) is 3.97. The fourth-order valence-corrected chi connectivity index (χ4v) is 3.04. The molecule has 0 spiro atoms. The van der Waals surface area contributed by atoms with Crippen LogP contribution in [0.1, 0.15) is 37.8 Å². The van der Waals surface area contributed by atoms with E-state index in [1.807, 2.05) is 25.1 Å². The maximum atomic E-state index is 6.09. The van der Waals surface area contributed by atoms with Crippen LogP contribution in [0.5, 0.6) is 0 Å². The van der Waals surface area contributed by atoms with Crippen LogP contribution in [0.15, 0.2) is 30.5 Å². The van der Waals surface area contributed by atoms with E-state index < -0.39 is 0 Å². The minimum absolute atomic E-state index is 0.545. The summed E-state index contributed by atoms with van der Waals surface area (Å²) in [5.41, 5.74) is 2.07. The molecule has 1 fully saturated rings. The van der Waals surface area contributed by atoms with E-state index in [9.17, 15) is 0 Å². The summed E-state index contributed by atoms with van der Waals surface area (Å²) in [6.07, 6.45) is 8.52. The number of rotatable bonds is 3. The number of hydrogen-bond donors (Lipinski definition) is 1. The molecule has 0 saturated heterocycles. The molecular formula is C16H20ClN3. The van der Waals surface area contributed by atoms with Gasteiger partial charge in [-0.2, -0.15) is 0 Å². The Hall–Kier alpha value is -1.48. The van der Waals surface area contributed by atoms with Crippen LogP contribution in [0, 0.1) is 6.92 Å². The lowest BCUT2D eigenvalue weighted by Crippen LogP contribution is -2.24. The SMILES string of the molecule is Cc1cn(-c2cccc(Cl)c2)c(NC2CCCCC2)n1. The van der Waals surface area contributed by atoms with Crippen molar-refractivity contribution < 1.29 is 0 Å². The molecule has 0 aliphatic heterocycles. The van der Waals surface area contributed by atoms with Crippen molar-refractivity contribution in [3.63, 3.8) is 0 Å². The number of nitrogens with one attached hydrogen (secondary N) is 1. The maximum Gasteiger partial charge on any atom is 0.207 e. The van der Waals surface area contributed by atoms with Crippen molar-refractivity contribution in [2.45, 2.75) is 45.1 Å². The summed E-state index contributed by atoms with van der Waals surface area (Å²) < 4.78 is 2.09. The topological polar surface area (TPSA) is 29.9 Å². The average Bonchev–Trinajstić information content (AvgIpc) is 2.81. The van der Waals surface area contributed by atoms with Crippen LogP contribution in [0.3, 0.4) is 0 Å². The largest absolute Gasteiger partial charge is 0.353 e. The molecule has 0 amide bonds. The monoisotopic (exact) mass is 289 g/mol. The van der Waals surface area contributed by atoms with Crippen molar-refractivity contribution in [3.8, 4) is 5.69 Å². The van der Waals surface area contributed by atoms with E-state index in [-0.39, 0.29) is 0 Å². The van der Waals surface area contributed by atoms with E-state index >= 15 is 0 Å². The molecule has 0 unspecified atom stereocenters. The Labute approximate surface area is 125 Å². The molecule has 1 aliphatic rings. The second-order valence-electron chi connectivity index (χ2n) is 5.54. The molecule has 1 saturated carbocycles. The van der Waals surface area contributed by atoms with Gasteiger partial charge in [0.25, 0.3) is 0 Å². The molecule has 1 aromatic carbocycles. The number of imidazole rings is 1. The van der Waals surface area contributed by atoms with Gasteiger partial charge in [0.15, 0.2) is 0 Å². The first-order valence-corrected chi connectivity index (χ1v) is 7.68. The van der Waals surface area contributed by atoms with E-state index in [1.54, 1.807) is 0 Å². The highest BCUT2D eigenvalue weighted by atomic mass is 35.5. The van der Waals surface area contributed by atoms with Crippen LogP contribution >= 0.6 is 11.6 Å². The third-order valence-corrected chi connectivity index (χ3v) is 4.09. The third-order valence-electron chi connectivity index (χ3n) is 3.85. The highest BCUT2D eigenvalue weighted by Gasteiger charge is 2.16. The summed E-state index contributed by atoms with van der Waals surface area (Å²) >= 11 is 6.09. The number of anilines is 1. The van der Waals surface area contributed by atoms with Crippen molar-refractivity contribution in [3.05, 3.63) is 41.2 Å². The van der Waals surface area contributed by atoms with E-state index in [1.165, 1.54) is 32.1 Å². The van der Waals surface area contributed by atoms with Crippen molar-refractivity contribution in [1.82, 2.24) is 9.55 Å². The second kappa shape index (κ2) is 5.88. The Bertz CT molecular complexity index is 585. The number of aromatic nitrogens is 2. The lowest BCUT2D eigenvalue weighted by molar-refractivity contribution is 0.460. The Morgan fingerprint density at radius 2 is 2.05 bits per heavy atom. The summed E-state index contributed by atoms with van der Waals surface area (Å²) in [6, 6.07) is 8.43. The van der Waals surface area contributed by atoms with Crippen LogP contribution in [0.4, 0.5) is 5.95 Å². The Morgan fingerprint density at radius 3 is 2.80 bits per heavy atom. The normalized spacial score (nSPS) is 16.3. The molecule has 106 valence electrons. The molecule has 1 heterocycles. The summed E-state index contributed by atoms with van der Waals surface area (Å²) in [4.78, 5) is 4.62. The van der Waals surface area contributed by atoms with Gasteiger partial charge >= 0.3 is 0 Å².